The molecule has 0 fully saturated rings. The fourth-order valence-electron chi connectivity index (χ4n) is 1.79. The molecule has 1 aromatic carbocycles. The number of Topliss-reactive ketones (excluding diaryl/α,β-unsaturated/α-hetero) is 1. The first-order valence-electron chi connectivity index (χ1n) is 5.52. The minimum Gasteiger partial charge on any atom is -0.511 e. The monoisotopic (exact) mass is 261 g/mol. The van der Waals surface area contributed by atoms with Crippen LogP contribution in [0, 0.1) is 10.1 Å². The van der Waals surface area contributed by atoms with Crippen LogP contribution in [0.3, 0.4) is 0 Å². The van der Waals surface area contributed by atoms with Crippen molar-refractivity contribution in [1.82, 2.24) is 0 Å². The van der Waals surface area contributed by atoms with Crippen LogP contribution in [0.4, 0.5) is 0 Å². The number of allylic oxidation sites excluding steroid dienone is 2. The lowest BCUT2D eigenvalue weighted by Crippen LogP contribution is -2.38. The molecule has 0 bridgehead atoms. The van der Waals surface area contributed by atoms with E-state index in [-0.39, 0.29) is 5.57 Å². The molecule has 0 spiro atoms. The van der Waals surface area contributed by atoms with Gasteiger partial charge in [0.1, 0.15) is 12.2 Å². The lowest BCUT2D eigenvalue weighted by Gasteiger charge is -2.19. The van der Waals surface area contributed by atoms with E-state index < -0.39 is 28.6 Å². The average molecular weight is 261 g/mol. The summed E-state index contributed by atoms with van der Waals surface area (Å²) in [6.45, 7) is 0. The SMILES string of the molecule is O=C(C1=C(O)CC(O)([N+](=O)[O-])C=C1)c1ccccc1. The Morgan fingerprint density at radius 1 is 1.32 bits per heavy atom. The quantitative estimate of drug-likeness (QED) is 0.372. The van der Waals surface area contributed by atoms with E-state index in [4.69, 9.17) is 0 Å². The maximum absolute atomic E-state index is 12.1. The normalized spacial score (nSPS) is 22.4. The molecule has 98 valence electrons. The third kappa shape index (κ3) is 2.38. The number of hydrogen-bond donors (Lipinski definition) is 2. The van der Waals surface area contributed by atoms with Crippen molar-refractivity contribution in [3.63, 3.8) is 0 Å². The smallest absolute Gasteiger partial charge is 0.349 e. The lowest BCUT2D eigenvalue weighted by atomic mass is 9.93. The van der Waals surface area contributed by atoms with E-state index in [1.807, 2.05) is 0 Å². The third-order valence-corrected chi connectivity index (χ3v) is 2.85. The van der Waals surface area contributed by atoms with Crippen molar-refractivity contribution in [3.05, 3.63) is 69.5 Å². The summed E-state index contributed by atoms with van der Waals surface area (Å²) in [7, 11) is 0. The summed E-state index contributed by atoms with van der Waals surface area (Å²) >= 11 is 0. The summed E-state index contributed by atoms with van der Waals surface area (Å²) in [6.07, 6.45) is 1.37. The number of hydrogen-bond acceptors (Lipinski definition) is 5. The molecule has 1 unspecified atom stereocenters. The first kappa shape index (κ1) is 13.0. The van der Waals surface area contributed by atoms with Crippen LogP contribution in [-0.2, 0) is 0 Å². The van der Waals surface area contributed by atoms with Crippen LogP contribution in [0.5, 0.6) is 0 Å². The molecule has 0 aliphatic heterocycles. The molecular weight excluding hydrogens is 250 g/mol. The summed E-state index contributed by atoms with van der Waals surface area (Å²) in [5.74, 6) is -0.935. The molecule has 0 amide bonds. The number of aliphatic hydroxyl groups is 2. The predicted molar refractivity (Wildman–Crippen MR) is 66.1 cm³/mol. The Morgan fingerprint density at radius 2 is 1.95 bits per heavy atom. The lowest BCUT2D eigenvalue weighted by molar-refractivity contribution is -0.608. The molecule has 0 saturated heterocycles. The zero-order valence-electron chi connectivity index (χ0n) is 9.81. The Morgan fingerprint density at radius 3 is 2.47 bits per heavy atom. The minimum absolute atomic E-state index is 0.0438. The maximum Gasteiger partial charge on any atom is 0.349 e. The highest BCUT2D eigenvalue weighted by molar-refractivity contribution is 6.11. The molecular formula is C13H11NO5. The summed E-state index contributed by atoms with van der Waals surface area (Å²) in [4.78, 5) is 21.8. The van der Waals surface area contributed by atoms with Crippen molar-refractivity contribution in [2.75, 3.05) is 0 Å². The number of aliphatic hydroxyl groups excluding tert-OH is 1. The second-order valence-electron chi connectivity index (χ2n) is 4.20. The Labute approximate surface area is 108 Å². The number of nitrogens with zero attached hydrogens (tertiary/aromatic N) is 1. The van der Waals surface area contributed by atoms with E-state index >= 15 is 0 Å². The first-order valence-corrected chi connectivity index (χ1v) is 5.52. The van der Waals surface area contributed by atoms with Crippen LogP contribution in [0.25, 0.3) is 0 Å². The van der Waals surface area contributed by atoms with E-state index in [1.165, 1.54) is 0 Å². The zero-order valence-corrected chi connectivity index (χ0v) is 9.81. The number of carbonyl (C=O) groups is 1. The molecule has 19 heavy (non-hydrogen) atoms. The predicted octanol–water partition coefficient (Wildman–Crippen LogP) is 1.61. The van der Waals surface area contributed by atoms with Gasteiger partial charge >= 0.3 is 5.72 Å². The molecule has 1 aromatic rings. The van der Waals surface area contributed by atoms with Gasteiger partial charge in [-0.2, -0.15) is 0 Å². The second-order valence-corrected chi connectivity index (χ2v) is 4.20. The van der Waals surface area contributed by atoms with Crippen molar-refractivity contribution < 1.29 is 19.9 Å². The van der Waals surface area contributed by atoms with Gasteiger partial charge in [0, 0.05) is 11.6 Å². The van der Waals surface area contributed by atoms with Crippen LogP contribution in [0.15, 0.2) is 53.8 Å². The van der Waals surface area contributed by atoms with E-state index in [1.54, 1.807) is 30.3 Å². The fraction of sp³-hybridized carbons (Fsp3) is 0.154. The van der Waals surface area contributed by atoms with E-state index in [9.17, 15) is 25.1 Å². The average Bonchev–Trinajstić information content (AvgIpc) is 2.39. The van der Waals surface area contributed by atoms with Crippen molar-refractivity contribution in [2.45, 2.75) is 12.1 Å². The van der Waals surface area contributed by atoms with E-state index in [0.29, 0.717) is 5.56 Å². The molecule has 0 radical (unpaired) electrons. The highest BCUT2D eigenvalue weighted by Crippen LogP contribution is 2.27. The van der Waals surface area contributed by atoms with Gasteiger partial charge in [0.05, 0.1) is 10.5 Å². The maximum atomic E-state index is 12.1. The van der Waals surface area contributed by atoms with Crippen LogP contribution in [0.1, 0.15) is 16.8 Å². The Kier molecular flexibility index (Phi) is 3.18. The second kappa shape index (κ2) is 4.66. The van der Waals surface area contributed by atoms with Gasteiger partial charge in [0.15, 0.2) is 5.78 Å². The molecule has 1 aliphatic rings. The van der Waals surface area contributed by atoms with Gasteiger partial charge in [-0.1, -0.05) is 30.3 Å². The molecule has 0 aromatic heterocycles. The number of ketones is 1. The molecule has 6 heteroatoms. The molecule has 2 N–H and O–H groups in total. The van der Waals surface area contributed by atoms with Crippen molar-refractivity contribution >= 4 is 5.78 Å². The molecule has 0 heterocycles. The van der Waals surface area contributed by atoms with Gasteiger partial charge in [-0.15, -0.1) is 0 Å². The highest BCUT2D eigenvalue weighted by atomic mass is 16.7. The van der Waals surface area contributed by atoms with Crippen LogP contribution < -0.4 is 0 Å². The fourth-order valence-corrected chi connectivity index (χ4v) is 1.79. The minimum atomic E-state index is -2.36. The number of carbonyl (C=O) groups excluding carboxylic acids is 1. The summed E-state index contributed by atoms with van der Waals surface area (Å²) in [6, 6.07) is 8.23. The summed E-state index contributed by atoms with van der Waals surface area (Å²) < 4.78 is 0. The van der Waals surface area contributed by atoms with Crippen LogP contribution in [0.2, 0.25) is 0 Å². The third-order valence-electron chi connectivity index (χ3n) is 2.85. The van der Waals surface area contributed by atoms with Gasteiger partial charge < -0.3 is 10.2 Å². The van der Waals surface area contributed by atoms with Gasteiger partial charge in [0.2, 0.25) is 0 Å². The Hall–Kier alpha value is -2.47. The number of nitro groups is 1. The standard InChI is InChI=1S/C13H11NO5/c15-11-8-13(17,14(18)19)7-6-10(11)12(16)9-4-2-1-3-5-9/h1-7,15,17H,8H2. The van der Waals surface area contributed by atoms with Crippen LogP contribution >= 0.6 is 0 Å². The van der Waals surface area contributed by atoms with Crippen molar-refractivity contribution in [3.8, 4) is 0 Å². The first-order chi connectivity index (χ1) is 8.94. The number of benzene rings is 1. The van der Waals surface area contributed by atoms with Gasteiger partial charge in [-0.3, -0.25) is 14.9 Å². The van der Waals surface area contributed by atoms with Crippen molar-refractivity contribution in [2.24, 2.45) is 0 Å². The molecule has 0 saturated carbocycles. The van der Waals surface area contributed by atoms with Crippen LogP contribution in [-0.4, -0.2) is 26.6 Å². The van der Waals surface area contributed by atoms with E-state index in [0.717, 1.165) is 12.2 Å². The van der Waals surface area contributed by atoms with Gasteiger partial charge in [-0.25, -0.2) is 0 Å². The molecule has 6 nitrogen and oxygen atoms in total. The molecule has 1 aliphatic carbocycles. The Balaban J connectivity index is 2.32. The van der Waals surface area contributed by atoms with Crippen molar-refractivity contribution in [1.29, 1.82) is 0 Å². The van der Waals surface area contributed by atoms with Gasteiger partial charge in [-0.05, 0) is 6.08 Å². The van der Waals surface area contributed by atoms with Gasteiger partial charge in [0.25, 0.3) is 0 Å². The van der Waals surface area contributed by atoms with E-state index in [2.05, 4.69) is 0 Å². The summed E-state index contributed by atoms with van der Waals surface area (Å²) in [5.41, 5.74) is -2.04. The summed E-state index contributed by atoms with van der Waals surface area (Å²) in [5, 5.41) is 30.0. The topological polar surface area (TPSA) is 101 Å². The molecule has 1 atom stereocenters. The molecule has 2 rings (SSSR count). The number of rotatable bonds is 3. The zero-order chi connectivity index (χ0) is 14.0. The largest absolute Gasteiger partial charge is 0.511 e. The Bertz CT molecular complexity index is 590. The highest BCUT2D eigenvalue weighted by Gasteiger charge is 2.42.